The summed E-state index contributed by atoms with van der Waals surface area (Å²) in [5.41, 5.74) is 4.82. The molecule has 3 aromatic carbocycles. The molecule has 148 valence electrons. The topological polar surface area (TPSA) is 46.5 Å². The Morgan fingerprint density at radius 1 is 0.897 bits per heavy atom. The second kappa shape index (κ2) is 8.02. The lowest BCUT2D eigenvalue weighted by atomic mass is 9.63. The summed E-state index contributed by atoms with van der Waals surface area (Å²) in [6.45, 7) is 2.02. The fraction of sp³-hybridized carbons (Fsp3) is 0.240. The Balaban J connectivity index is 1.95. The van der Waals surface area contributed by atoms with Crippen molar-refractivity contribution >= 4 is 17.6 Å². The standard InChI is InChI=1S/C25H23ClO3/c1-15-7-9-17(10-8-15)22-23(25(28)29-2)21(16-11-13-18(26)14-12-16)19-5-3-4-6-20(19)24(22)27/h3-14,21-24,27H,1-2H3/t21-,22+,23+,24+/m0/s1. The first-order valence-corrected chi connectivity index (χ1v) is 10.1. The lowest BCUT2D eigenvalue weighted by molar-refractivity contribution is -0.148. The summed E-state index contributed by atoms with van der Waals surface area (Å²) in [7, 11) is 1.40. The molecule has 0 fully saturated rings. The number of aryl methyl sites for hydroxylation is 1. The van der Waals surface area contributed by atoms with Gasteiger partial charge in [0.2, 0.25) is 0 Å². The minimum Gasteiger partial charge on any atom is -0.469 e. The molecule has 3 nitrogen and oxygen atoms in total. The smallest absolute Gasteiger partial charge is 0.310 e. The zero-order chi connectivity index (χ0) is 20.5. The lowest BCUT2D eigenvalue weighted by Crippen LogP contribution is -2.38. The third kappa shape index (κ3) is 3.57. The van der Waals surface area contributed by atoms with Crippen LogP contribution in [-0.4, -0.2) is 18.2 Å². The fourth-order valence-electron chi connectivity index (χ4n) is 4.51. The normalized spacial score (nSPS) is 23.3. The number of benzene rings is 3. The third-order valence-electron chi connectivity index (χ3n) is 5.90. The molecule has 29 heavy (non-hydrogen) atoms. The fourth-order valence-corrected chi connectivity index (χ4v) is 4.63. The highest BCUT2D eigenvalue weighted by molar-refractivity contribution is 6.30. The van der Waals surface area contributed by atoms with Crippen LogP contribution in [0.5, 0.6) is 0 Å². The van der Waals surface area contributed by atoms with Gasteiger partial charge in [0.1, 0.15) is 0 Å². The van der Waals surface area contributed by atoms with E-state index in [1.165, 1.54) is 7.11 Å². The van der Waals surface area contributed by atoms with Crippen LogP contribution in [-0.2, 0) is 9.53 Å². The number of aliphatic hydroxyl groups is 1. The van der Waals surface area contributed by atoms with Gasteiger partial charge in [-0.2, -0.15) is 0 Å². The summed E-state index contributed by atoms with van der Waals surface area (Å²) < 4.78 is 5.23. The minimum atomic E-state index is -0.804. The van der Waals surface area contributed by atoms with Crippen LogP contribution in [0.25, 0.3) is 0 Å². The molecule has 0 spiro atoms. The third-order valence-corrected chi connectivity index (χ3v) is 6.15. The van der Waals surface area contributed by atoms with Gasteiger partial charge < -0.3 is 9.84 Å². The van der Waals surface area contributed by atoms with Crippen LogP contribution in [0.3, 0.4) is 0 Å². The van der Waals surface area contributed by atoms with Gasteiger partial charge >= 0.3 is 5.97 Å². The molecule has 3 aromatic rings. The molecule has 0 aromatic heterocycles. The molecule has 1 N–H and O–H groups in total. The first-order chi connectivity index (χ1) is 14.0. The SMILES string of the molecule is COC(=O)[C@@H]1[C@@H](c2ccc(Cl)cc2)c2ccccc2[C@@H](O)[C@@H]1c1ccc(C)cc1. The zero-order valence-electron chi connectivity index (χ0n) is 16.4. The number of esters is 1. The quantitative estimate of drug-likeness (QED) is 0.592. The first kappa shape index (κ1) is 19.7. The number of fused-ring (bicyclic) bond motifs is 1. The van der Waals surface area contributed by atoms with Crippen LogP contribution in [0, 0.1) is 12.8 Å². The highest BCUT2D eigenvalue weighted by atomic mass is 35.5. The van der Waals surface area contributed by atoms with E-state index in [-0.39, 0.29) is 11.9 Å². The van der Waals surface area contributed by atoms with Crippen molar-refractivity contribution in [2.45, 2.75) is 24.9 Å². The van der Waals surface area contributed by atoms with Crippen molar-refractivity contribution < 1.29 is 14.6 Å². The number of methoxy groups -OCH3 is 1. The van der Waals surface area contributed by atoms with Gasteiger partial charge in [-0.1, -0.05) is 77.8 Å². The van der Waals surface area contributed by atoms with E-state index in [4.69, 9.17) is 16.3 Å². The Labute approximate surface area is 175 Å². The highest BCUT2D eigenvalue weighted by Crippen LogP contribution is 2.53. The number of ether oxygens (including phenoxy) is 1. The molecule has 0 bridgehead atoms. The molecule has 0 saturated carbocycles. The zero-order valence-corrected chi connectivity index (χ0v) is 17.1. The van der Waals surface area contributed by atoms with Gasteiger partial charge in [0.05, 0.1) is 19.1 Å². The van der Waals surface area contributed by atoms with Gasteiger partial charge in [0.15, 0.2) is 0 Å². The van der Waals surface area contributed by atoms with Gasteiger partial charge in [-0.05, 0) is 41.3 Å². The van der Waals surface area contributed by atoms with E-state index in [0.29, 0.717) is 5.02 Å². The van der Waals surface area contributed by atoms with E-state index in [1.54, 1.807) is 0 Å². The number of aliphatic hydroxyl groups excluding tert-OH is 1. The van der Waals surface area contributed by atoms with Crippen LogP contribution in [0.2, 0.25) is 5.02 Å². The summed E-state index contributed by atoms with van der Waals surface area (Å²) in [6, 6.07) is 23.4. The number of halogens is 1. The summed E-state index contributed by atoms with van der Waals surface area (Å²) in [6.07, 6.45) is -0.804. The number of carbonyl (C=O) groups excluding carboxylic acids is 1. The van der Waals surface area contributed by atoms with E-state index in [0.717, 1.165) is 27.8 Å². The predicted octanol–water partition coefficient (Wildman–Crippen LogP) is 5.40. The number of carbonyl (C=O) groups is 1. The van der Waals surface area contributed by atoms with E-state index >= 15 is 0 Å². The monoisotopic (exact) mass is 406 g/mol. The molecular weight excluding hydrogens is 384 g/mol. The molecule has 0 amide bonds. The maximum Gasteiger partial charge on any atom is 0.310 e. The van der Waals surface area contributed by atoms with Crippen molar-refractivity contribution in [3.63, 3.8) is 0 Å². The predicted molar refractivity (Wildman–Crippen MR) is 114 cm³/mol. The Morgan fingerprint density at radius 3 is 2.10 bits per heavy atom. The molecule has 4 atom stereocenters. The maximum absolute atomic E-state index is 13.1. The van der Waals surface area contributed by atoms with Crippen molar-refractivity contribution in [3.8, 4) is 0 Å². The van der Waals surface area contributed by atoms with E-state index in [9.17, 15) is 9.90 Å². The highest BCUT2D eigenvalue weighted by Gasteiger charge is 2.47. The lowest BCUT2D eigenvalue weighted by Gasteiger charge is -2.41. The number of hydrogen-bond acceptors (Lipinski definition) is 3. The Hall–Kier alpha value is -2.62. The van der Waals surface area contributed by atoms with Crippen LogP contribution >= 0.6 is 11.6 Å². The average molecular weight is 407 g/mol. The largest absolute Gasteiger partial charge is 0.469 e. The molecule has 0 radical (unpaired) electrons. The molecule has 4 heteroatoms. The van der Waals surface area contributed by atoms with Crippen molar-refractivity contribution in [3.05, 3.63) is 106 Å². The van der Waals surface area contributed by atoms with E-state index < -0.39 is 17.9 Å². The van der Waals surface area contributed by atoms with Crippen LogP contribution in [0.1, 0.15) is 45.8 Å². The molecule has 1 aliphatic carbocycles. The Kier molecular flexibility index (Phi) is 5.44. The Morgan fingerprint density at radius 2 is 1.48 bits per heavy atom. The van der Waals surface area contributed by atoms with Crippen molar-refractivity contribution in [1.82, 2.24) is 0 Å². The second-order valence-electron chi connectivity index (χ2n) is 7.59. The molecular formula is C25H23ClO3. The summed E-state index contributed by atoms with van der Waals surface area (Å²) in [4.78, 5) is 13.1. The average Bonchev–Trinajstić information content (AvgIpc) is 2.75. The summed E-state index contributed by atoms with van der Waals surface area (Å²) >= 11 is 6.11. The number of hydrogen-bond donors (Lipinski definition) is 1. The molecule has 0 heterocycles. The number of rotatable bonds is 3. The van der Waals surface area contributed by atoms with Crippen molar-refractivity contribution in [1.29, 1.82) is 0 Å². The minimum absolute atomic E-state index is 0.245. The second-order valence-corrected chi connectivity index (χ2v) is 8.02. The molecule has 0 saturated heterocycles. The van der Waals surface area contributed by atoms with Gasteiger partial charge in [-0.3, -0.25) is 4.79 Å². The summed E-state index contributed by atoms with van der Waals surface area (Å²) in [5.74, 6) is -1.55. The van der Waals surface area contributed by atoms with Crippen molar-refractivity contribution in [2.75, 3.05) is 7.11 Å². The van der Waals surface area contributed by atoms with E-state index in [1.807, 2.05) is 79.7 Å². The van der Waals surface area contributed by atoms with Crippen LogP contribution < -0.4 is 0 Å². The first-order valence-electron chi connectivity index (χ1n) is 9.68. The van der Waals surface area contributed by atoms with E-state index in [2.05, 4.69) is 0 Å². The molecule has 0 aliphatic heterocycles. The molecule has 1 aliphatic rings. The maximum atomic E-state index is 13.1. The molecule has 0 unspecified atom stereocenters. The summed E-state index contributed by atoms with van der Waals surface area (Å²) in [5, 5.41) is 12.0. The van der Waals surface area contributed by atoms with Gasteiger partial charge in [0, 0.05) is 16.9 Å². The van der Waals surface area contributed by atoms with Crippen LogP contribution in [0.15, 0.2) is 72.8 Å². The van der Waals surface area contributed by atoms with Gasteiger partial charge in [-0.25, -0.2) is 0 Å². The van der Waals surface area contributed by atoms with Gasteiger partial charge in [-0.15, -0.1) is 0 Å². The van der Waals surface area contributed by atoms with Gasteiger partial charge in [0.25, 0.3) is 0 Å². The van der Waals surface area contributed by atoms with Crippen LogP contribution in [0.4, 0.5) is 0 Å². The van der Waals surface area contributed by atoms with Crippen molar-refractivity contribution in [2.24, 2.45) is 5.92 Å². The molecule has 4 rings (SSSR count). The Bertz CT molecular complexity index is 1010.